The van der Waals surface area contributed by atoms with E-state index in [9.17, 15) is 19.5 Å². The molecule has 1 aliphatic carbocycles. The first-order valence-electron chi connectivity index (χ1n) is 13.5. The summed E-state index contributed by atoms with van der Waals surface area (Å²) < 4.78 is 0. The lowest BCUT2D eigenvalue weighted by atomic mass is 9.87. The topological polar surface area (TPSA) is 99.6 Å². The van der Waals surface area contributed by atoms with Gasteiger partial charge in [0.05, 0.1) is 12.5 Å². The Kier molecular flexibility index (Phi) is 8.30. The van der Waals surface area contributed by atoms with Gasteiger partial charge in [-0.05, 0) is 65.3 Å². The molecule has 1 unspecified atom stereocenters. The maximum Gasteiger partial charge on any atom is 0.305 e. The van der Waals surface area contributed by atoms with E-state index in [-0.39, 0.29) is 37.4 Å². The molecule has 7 nitrogen and oxygen atoms in total. The Morgan fingerprint density at radius 3 is 2.33 bits per heavy atom. The Morgan fingerprint density at radius 2 is 1.57 bits per heavy atom. The first kappa shape index (κ1) is 26.8. The van der Waals surface area contributed by atoms with Gasteiger partial charge in [0.1, 0.15) is 0 Å². The number of hydrogen-bond acceptors (Lipinski definition) is 4. The van der Waals surface area contributed by atoms with Gasteiger partial charge in [0.15, 0.2) is 0 Å². The van der Waals surface area contributed by atoms with Crippen molar-refractivity contribution in [2.45, 2.75) is 38.3 Å². The number of pyridine rings is 1. The Morgan fingerprint density at radius 1 is 0.875 bits per heavy atom. The highest BCUT2D eigenvalue weighted by atomic mass is 16.4. The lowest BCUT2D eigenvalue weighted by Gasteiger charge is -2.27. The molecule has 1 atom stereocenters. The van der Waals surface area contributed by atoms with Crippen molar-refractivity contribution in [3.05, 3.63) is 125 Å². The lowest BCUT2D eigenvalue weighted by molar-refractivity contribution is -0.137. The molecule has 2 N–H and O–H groups in total. The van der Waals surface area contributed by atoms with Gasteiger partial charge < -0.3 is 15.3 Å². The summed E-state index contributed by atoms with van der Waals surface area (Å²) in [6.07, 6.45) is 6.01. The number of benzene rings is 3. The molecule has 1 aliphatic rings. The molecule has 1 heterocycles. The molecule has 4 aromatic rings. The van der Waals surface area contributed by atoms with E-state index in [4.69, 9.17) is 0 Å². The predicted molar refractivity (Wildman–Crippen MR) is 153 cm³/mol. The zero-order chi connectivity index (χ0) is 27.9. The molecular formula is C33H31N3O4. The molecular weight excluding hydrogens is 502 g/mol. The summed E-state index contributed by atoms with van der Waals surface area (Å²) in [6.45, 7) is 0.262. The molecule has 7 heteroatoms. The fourth-order valence-corrected chi connectivity index (χ4v) is 5.33. The van der Waals surface area contributed by atoms with Crippen LogP contribution in [-0.4, -0.2) is 39.3 Å². The lowest BCUT2D eigenvalue weighted by Crippen LogP contribution is -2.33. The first-order chi connectivity index (χ1) is 19.5. The summed E-state index contributed by atoms with van der Waals surface area (Å²) in [4.78, 5) is 44.6. The molecule has 2 amide bonds. The van der Waals surface area contributed by atoms with E-state index >= 15 is 0 Å². The van der Waals surface area contributed by atoms with Crippen molar-refractivity contribution in [3.63, 3.8) is 0 Å². The van der Waals surface area contributed by atoms with Crippen molar-refractivity contribution in [1.82, 2.24) is 15.2 Å². The quantitative estimate of drug-likeness (QED) is 0.289. The Balaban J connectivity index is 1.46. The molecule has 0 aliphatic heterocycles. The van der Waals surface area contributed by atoms with Gasteiger partial charge in [0.25, 0.3) is 11.8 Å². The summed E-state index contributed by atoms with van der Waals surface area (Å²) in [5, 5.41) is 12.5. The van der Waals surface area contributed by atoms with Gasteiger partial charge in [0.2, 0.25) is 0 Å². The third kappa shape index (κ3) is 6.10. The Bertz CT molecular complexity index is 1520. The molecule has 0 saturated carbocycles. The summed E-state index contributed by atoms with van der Waals surface area (Å²) in [5.74, 6) is -1.49. The van der Waals surface area contributed by atoms with E-state index in [1.807, 2.05) is 48.5 Å². The van der Waals surface area contributed by atoms with Crippen molar-refractivity contribution in [3.8, 4) is 11.1 Å². The van der Waals surface area contributed by atoms with Crippen LogP contribution in [0.1, 0.15) is 62.7 Å². The second kappa shape index (κ2) is 12.4. The molecule has 0 saturated heterocycles. The van der Waals surface area contributed by atoms with E-state index in [1.54, 1.807) is 36.7 Å². The van der Waals surface area contributed by atoms with Crippen LogP contribution in [0.25, 0.3) is 11.1 Å². The van der Waals surface area contributed by atoms with Gasteiger partial charge in [0, 0.05) is 36.6 Å². The average Bonchev–Trinajstić information content (AvgIpc) is 2.99. The molecule has 40 heavy (non-hydrogen) atoms. The van der Waals surface area contributed by atoms with Crippen LogP contribution in [0, 0.1) is 0 Å². The van der Waals surface area contributed by atoms with Crippen LogP contribution < -0.4 is 5.32 Å². The number of carboxylic acids is 1. The molecule has 0 spiro atoms. The van der Waals surface area contributed by atoms with Crippen LogP contribution in [0.5, 0.6) is 0 Å². The number of nitrogens with one attached hydrogen (secondary N) is 1. The summed E-state index contributed by atoms with van der Waals surface area (Å²) in [7, 11) is 0. The number of hydrogen-bond donors (Lipinski definition) is 2. The fourth-order valence-electron chi connectivity index (χ4n) is 5.33. The monoisotopic (exact) mass is 533 g/mol. The van der Waals surface area contributed by atoms with Gasteiger partial charge in [-0.25, -0.2) is 0 Å². The standard InChI is InChI=1S/C33H31N3O4/c37-31(38)18-20-36(22-23-9-8-19-34-21-23)33(40)29-16-6-4-14-27(29)26-13-3-5-15-28(26)32(39)35-30-17-7-11-24-10-1-2-12-25(24)30/h1-6,8-10,12-16,19,21,30H,7,11,17-18,20,22H2,(H,35,39)(H,37,38). The number of fused-ring (bicyclic) bond motifs is 1. The first-order valence-corrected chi connectivity index (χ1v) is 13.5. The number of carbonyl (C=O) groups is 3. The number of nitrogens with zero attached hydrogens (tertiary/aromatic N) is 2. The van der Waals surface area contributed by atoms with Gasteiger partial charge in [-0.3, -0.25) is 19.4 Å². The SMILES string of the molecule is O=C(O)CCN(Cc1cccnc1)C(=O)c1ccccc1-c1ccccc1C(=O)NC1CCCc2ccccc21. The Hall–Kier alpha value is -4.78. The van der Waals surface area contributed by atoms with Crippen LogP contribution in [0.15, 0.2) is 97.3 Å². The van der Waals surface area contributed by atoms with Crippen LogP contribution in [0.4, 0.5) is 0 Å². The number of carboxylic acid groups (broad SMARTS) is 1. The number of aryl methyl sites for hydroxylation is 1. The summed E-state index contributed by atoms with van der Waals surface area (Å²) >= 11 is 0. The van der Waals surface area contributed by atoms with Crippen molar-refractivity contribution in [1.29, 1.82) is 0 Å². The molecule has 5 rings (SSSR count). The number of carbonyl (C=O) groups excluding carboxylic acids is 2. The Labute approximate surface area is 233 Å². The molecule has 3 aromatic carbocycles. The normalized spacial score (nSPS) is 14.2. The number of amides is 2. The highest BCUT2D eigenvalue weighted by Gasteiger charge is 2.25. The number of rotatable bonds is 9. The van der Waals surface area contributed by atoms with Crippen LogP contribution in [-0.2, 0) is 17.8 Å². The van der Waals surface area contributed by atoms with Gasteiger partial charge in [-0.15, -0.1) is 0 Å². The minimum absolute atomic E-state index is 0.0423. The second-order valence-corrected chi connectivity index (χ2v) is 9.94. The minimum Gasteiger partial charge on any atom is -0.481 e. The third-order valence-electron chi connectivity index (χ3n) is 7.27. The zero-order valence-electron chi connectivity index (χ0n) is 22.1. The van der Waals surface area contributed by atoms with Crippen molar-refractivity contribution in [2.24, 2.45) is 0 Å². The van der Waals surface area contributed by atoms with Gasteiger partial charge >= 0.3 is 5.97 Å². The molecule has 0 radical (unpaired) electrons. The highest BCUT2D eigenvalue weighted by molar-refractivity contribution is 6.06. The zero-order valence-corrected chi connectivity index (χ0v) is 22.1. The van der Waals surface area contributed by atoms with E-state index in [0.717, 1.165) is 30.4 Å². The fraction of sp³-hybridized carbons (Fsp3) is 0.212. The van der Waals surface area contributed by atoms with Gasteiger partial charge in [-0.1, -0.05) is 66.7 Å². The minimum atomic E-state index is -0.983. The molecule has 1 aromatic heterocycles. The number of aromatic nitrogens is 1. The van der Waals surface area contributed by atoms with E-state index in [2.05, 4.69) is 22.4 Å². The van der Waals surface area contributed by atoms with Crippen LogP contribution >= 0.6 is 0 Å². The molecule has 0 fully saturated rings. The van der Waals surface area contributed by atoms with E-state index < -0.39 is 5.97 Å². The smallest absolute Gasteiger partial charge is 0.305 e. The predicted octanol–water partition coefficient (Wildman–Crippen LogP) is 5.67. The maximum atomic E-state index is 13.9. The van der Waals surface area contributed by atoms with Gasteiger partial charge in [-0.2, -0.15) is 0 Å². The van der Waals surface area contributed by atoms with Crippen molar-refractivity contribution < 1.29 is 19.5 Å². The van der Waals surface area contributed by atoms with E-state index in [1.165, 1.54) is 10.5 Å². The van der Waals surface area contributed by atoms with E-state index in [0.29, 0.717) is 22.3 Å². The van der Waals surface area contributed by atoms with Crippen molar-refractivity contribution >= 4 is 17.8 Å². The molecule has 202 valence electrons. The second-order valence-electron chi connectivity index (χ2n) is 9.94. The molecule has 0 bridgehead atoms. The summed E-state index contributed by atoms with van der Waals surface area (Å²) in [6, 6.07) is 26.2. The van der Waals surface area contributed by atoms with Crippen LogP contribution in [0.2, 0.25) is 0 Å². The van der Waals surface area contributed by atoms with Crippen molar-refractivity contribution in [2.75, 3.05) is 6.54 Å². The highest BCUT2D eigenvalue weighted by Crippen LogP contribution is 2.32. The largest absolute Gasteiger partial charge is 0.481 e. The number of aliphatic carboxylic acids is 1. The third-order valence-corrected chi connectivity index (χ3v) is 7.27. The average molecular weight is 534 g/mol. The maximum absolute atomic E-state index is 13.9. The van der Waals surface area contributed by atoms with Crippen LogP contribution in [0.3, 0.4) is 0 Å². The summed E-state index contributed by atoms with van der Waals surface area (Å²) in [5.41, 5.74) is 5.36.